The summed E-state index contributed by atoms with van der Waals surface area (Å²) in [4.78, 5) is 11.0. The Bertz CT molecular complexity index is 1140. The van der Waals surface area contributed by atoms with Gasteiger partial charge in [0.05, 0.1) is 16.5 Å². The van der Waals surface area contributed by atoms with E-state index in [4.69, 9.17) is 5.11 Å². The van der Waals surface area contributed by atoms with Gasteiger partial charge in [0.2, 0.25) is 10.0 Å². The highest BCUT2D eigenvalue weighted by Gasteiger charge is 2.38. The molecule has 8 heteroatoms. The minimum atomic E-state index is -3.98. The Morgan fingerprint density at radius 1 is 1.00 bits per heavy atom. The maximum Gasteiger partial charge on any atom is 0.335 e. The van der Waals surface area contributed by atoms with Crippen LogP contribution in [0.5, 0.6) is 0 Å². The molecule has 28 heavy (non-hydrogen) atoms. The van der Waals surface area contributed by atoms with Crippen LogP contribution in [0.3, 0.4) is 0 Å². The number of halogens is 1. The third-order valence-corrected chi connectivity index (χ3v) is 6.78. The first-order valence-electron chi connectivity index (χ1n) is 8.64. The van der Waals surface area contributed by atoms with Gasteiger partial charge in [0.15, 0.2) is 0 Å². The van der Waals surface area contributed by atoms with E-state index in [0.29, 0.717) is 12.2 Å². The van der Waals surface area contributed by atoms with Gasteiger partial charge in [-0.1, -0.05) is 18.2 Å². The molecule has 0 saturated carbocycles. The molecule has 0 saturated heterocycles. The molecule has 1 atom stereocenters. The van der Waals surface area contributed by atoms with Crippen LogP contribution in [-0.2, 0) is 16.6 Å². The average Bonchev–Trinajstić information content (AvgIpc) is 3.16. The van der Waals surface area contributed by atoms with Gasteiger partial charge >= 0.3 is 5.97 Å². The number of sulfonamides is 1. The topological polar surface area (TPSA) is 79.6 Å². The summed E-state index contributed by atoms with van der Waals surface area (Å²) >= 11 is 0. The number of carbonyl (C=O) groups is 1. The highest BCUT2D eigenvalue weighted by atomic mass is 32.2. The van der Waals surface area contributed by atoms with Crippen LogP contribution in [0.15, 0.2) is 71.8 Å². The zero-order valence-corrected chi connectivity index (χ0v) is 15.5. The lowest BCUT2D eigenvalue weighted by Crippen LogP contribution is -2.42. The van der Waals surface area contributed by atoms with Crippen LogP contribution < -0.4 is 0 Å². The van der Waals surface area contributed by atoms with Crippen molar-refractivity contribution in [1.29, 1.82) is 0 Å². The van der Waals surface area contributed by atoms with Crippen molar-refractivity contribution in [2.45, 2.75) is 17.5 Å². The fraction of sp³-hybridized carbons (Fsp3) is 0.150. The SMILES string of the molecule is O=C(O)c1ccc(S(=O)(=O)N2CCn3cccc3C2c2ccccc2F)cc1. The van der Waals surface area contributed by atoms with Crippen molar-refractivity contribution in [3.8, 4) is 0 Å². The van der Waals surface area contributed by atoms with Gasteiger partial charge in [-0.3, -0.25) is 0 Å². The molecule has 2 aromatic carbocycles. The van der Waals surface area contributed by atoms with Gasteiger partial charge < -0.3 is 9.67 Å². The van der Waals surface area contributed by atoms with E-state index < -0.39 is 27.9 Å². The minimum absolute atomic E-state index is 0.00266. The molecule has 6 nitrogen and oxygen atoms in total. The summed E-state index contributed by atoms with van der Waals surface area (Å²) in [5.74, 6) is -1.62. The lowest BCUT2D eigenvalue weighted by atomic mass is 10.0. The first kappa shape index (κ1) is 18.4. The van der Waals surface area contributed by atoms with E-state index in [9.17, 15) is 17.6 Å². The molecule has 0 fully saturated rings. The third-order valence-electron chi connectivity index (χ3n) is 4.90. The molecule has 1 aliphatic rings. The lowest BCUT2D eigenvalue weighted by molar-refractivity contribution is 0.0696. The molecule has 1 N–H and O–H groups in total. The largest absolute Gasteiger partial charge is 0.478 e. The summed E-state index contributed by atoms with van der Waals surface area (Å²) in [7, 11) is -3.98. The number of aromatic nitrogens is 1. The molecule has 0 spiro atoms. The van der Waals surface area contributed by atoms with Gasteiger partial charge in [-0.2, -0.15) is 4.31 Å². The number of carboxylic acids is 1. The van der Waals surface area contributed by atoms with E-state index in [1.54, 1.807) is 30.3 Å². The van der Waals surface area contributed by atoms with Crippen LogP contribution in [0.2, 0.25) is 0 Å². The number of aromatic carboxylic acids is 1. The standard InChI is InChI=1S/C20H17FN2O4S/c21-17-5-2-1-4-16(17)19-18-6-3-11-22(18)12-13-23(19)28(26,27)15-9-7-14(8-10-15)20(24)25/h1-11,19H,12-13H2,(H,24,25). The second-order valence-electron chi connectivity index (χ2n) is 6.50. The van der Waals surface area contributed by atoms with Crippen LogP contribution in [0, 0.1) is 5.82 Å². The molecule has 3 aromatic rings. The summed E-state index contributed by atoms with van der Waals surface area (Å²) < 4.78 is 44.5. The molecule has 1 aromatic heterocycles. The quantitative estimate of drug-likeness (QED) is 0.730. The van der Waals surface area contributed by atoms with Crippen LogP contribution in [0.25, 0.3) is 0 Å². The van der Waals surface area contributed by atoms with Gasteiger partial charge in [-0.25, -0.2) is 17.6 Å². The van der Waals surface area contributed by atoms with Crippen molar-refractivity contribution in [2.24, 2.45) is 0 Å². The second kappa shape index (κ2) is 6.88. The second-order valence-corrected chi connectivity index (χ2v) is 8.39. The predicted molar refractivity (Wildman–Crippen MR) is 100.0 cm³/mol. The number of nitrogens with zero attached hydrogens (tertiary/aromatic N) is 2. The molecule has 0 bridgehead atoms. The minimum Gasteiger partial charge on any atom is -0.478 e. The number of hydrogen-bond donors (Lipinski definition) is 1. The predicted octanol–water partition coefficient (Wildman–Crippen LogP) is 3.12. The van der Waals surface area contributed by atoms with E-state index in [2.05, 4.69) is 0 Å². The third kappa shape index (κ3) is 3.00. The summed E-state index contributed by atoms with van der Waals surface area (Å²) in [5.41, 5.74) is 0.951. The normalized spacial score (nSPS) is 17.2. The van der Waals surface area contributed by atoms with Gasteiger partial charge in [0.1, 0.15) is 5.82 Å². The zero-order chi connectivity index (χ0) is 19.9. The Kier molecular flexibility index (Phi) is 4.52. The lowest BCUT2D eigenvalue weighted by Gasteiger charge is -2.36. The number of benzene rings is 2. The Morgan fingerprint density at radius 3 is 2.39 bits per heavy atom. The highest BCUT2D eigenvalue weighted by Crippen LogP contribution is 2.37. The molecule has 0 amide bonds. The van der Waals surface area contributed by atoms with E-state index in [1.807, 2.05) is 10.8 Å². The highest BCUT2D eigenvalue weighted by molar-refractivity contribution is 7.89. The number of fused-ring (bicyclic) bond motifs is 1. The fourth-order valence-corrected chi connectivity index (χ4v) is 5.11. The van der Waals surface area contributed by atoms with E-state index in [1.165, 1.54) is 34.6 Å². The molecule has 144 valence electrons. The van der Waals surface area contributed by atoms with Crippen molar-refractivity contribution in [2.75, 3.05) is 6.54 Å². The number of rotatable bonds is 4. The first-order valence-corrected chi connectivity index (χ1v) is 10.1. The van der Waals surface area contributed by atoms with Crippen molar-refractivity contribution < 1.29 is 22.7 Å². The molecule has 2 heterocycles. The molecule has 1 unspecified atom stereocenters. The molecule has 0 aliphatic carbocycles. The molecular weight excluding hydrogens is 383 g/mol. The van der Waals surface area contributed by atoms with E-state index >= 15 is 0 Å². The van der Waals surface area contributed by atoms with Crippen LogP contribution in [0.4, 0.5) is 4.39 Å². The average molecular weight is 400 g/mol. The number of hydrogen-bond acceptors (Lipinski definition) is 3. The van der Waals surface area contributed by atoms with Crippen molar-refractivity contribution in [1.82, 2.24) is 8.87 Å². The monoisotopic (exact) mass is 400 g/mol. The summed E-state index contributed by atoms with van der Waals surface area (Å²) in [6.45, 7) is 0.615. The number of carboxylic acid groups (broad SMARTS) is 1. The molecule has 1 aliphatic heterocycles. The van der Waals surface area contributed by atoms with Crippen LogP contribution >= 0.6 is 0 Å². The van der Waals surface area contributed by atoms with E-state index in [-0.39, 0.29) is 22.6 Å². The summed E-state index contributed by atoms with van der Waals surface area (Å²) in [6, 6.07) is 13.9. The maximum absolute atomic E-state index is 14.6. The summed E-state index contributed by atoms with van der Waals surface area (Å²) in [6.07, 6.45) is 1.84. The van der Waals surface area contributed by atoms with Crippen molar-refractivity contribution in [3.05, 3.63) is 89.5 Å². The zero-order valence-electron chi connectivity index (χ0n) is 14.7. The molecule has 4 rings (SSSR count). The van der Waals surface area contributed by atoms with Crippen molar-refractivity contribution in [3.63, 3.8) is 0 Å². The molecular formula is C20H17FN2O4S. The van der Waals surface area contributed by atoms with Gasteiger partial charge in [0.25, 0.3) is 0 Å². The van der Waals surface area contributed by atoms with Crippen LogP contribution in [-0.4, -0.2) is 34.9 Å². The van der Waals surface area contributed by atoms with Crippen molar-refractivity contribution >= 4 is 16.0 Å². The Balaban J connectivity index is 1.83. The van der Waals surface area contributed by atoms with Gasteiger partial charge in [-0.05, 0) is 42.5 Å². The van der Waals surface area contributed by atoms with Crippen LogP contribution in [0.1, 0.15) is 27.7 Å². The van der Waals surface area contributed by atoms with E-state index in [0.717, 1.165) is 0 Å². The maximum atomic E-state index is 14.6. The van der Waals surface area contributed by atoms with Gasteiger partial charge in [-0.15, -0.1) is 0 Å². The Hall–Kier alpha value is -2.97. The Morgan fingerprint density at radius 2 is 1.71 bits per heavy atom. The molecule has 0 radical (unpaired) electrons. The Labute approximate surface area is 161 Å². The smallest absolute Gasteiger partial charge is 0.335 e. The fourth-order valence-electron chi connectivity index (χ4n) is 3.54. The van der Waals surface area contributed by atoms with Gasteiger partial charge in [0, 0.05) is 30.5 Å². The summed E-state index contributed by atoms with van der Waals surface area (Å²) in [5, 5.41) is 9.03. The first-order chi connectivity index (χ1) is 13.4.